The summed E-state index contributed by atoms with van der Waals surface area (Å²) in [5.41, 5.74) is 12.4. The molecular formula is C28H26N6. The fourth-order valence-corrected chi connectivity index (χ4v) is 4.27. The molecule has 6 heteroatoms. The Morgan fingerprint density at radius 1 is 0.824 bits per heavy atom. The predicted molar refractivity (Wildman–Crippen MR) is 138 cm³/mol. The number of fused-ring (bicyclic) bond motifs is 1. The number of aryl methyl sites for hydroxylation is 1. The highest BCUT2D eigenvalue weighted by Gasteiger charge is 2.23. The van der Waals surface area contributed by atoms with Crippen LogP contribution in [0.2, 0.25) is 0 Å². The van der Waals surface area contributed by atoms with Crippen LogP contribution in [0.15, 0.2) is 85.6 Å². The van der Waals surface area contributed by atoms with Gasteiger partial charge in [0.2, 0.25) is 0 Å². The van der Waals surface area contributed by atoms with E-state index in [9.17, 15) is 0 Å². The van der Waals surface area contributed by atoms with E-state index in [2.05, 4.69) is 71.0 Å². The molecule has 2 N–H and O–H groups in total. The maximum Gasteiger partial charge on any atom is 0.147 e. The van der Waals surface area contributed by atoms with Gasteiger partial charge in [0, 0.05) is 40.6 Å². The topological polar surface area (TPSA) is 80.8 Å². The minimum Gasteiger partial charge on any atom is -0.383 e. The molecule has 34 heavy (non-hydrogen) atoms. The van der Waals surface area contributed by atoms with Crippen LogP contribution in [-0.4, -0.2) is 19.9 Å². The van der Waals surface area contributed by atoms with E-state index in [1.165, 1.54) is 5.56 Å². The zero-order chi connectivity index (χ0) is 23.7. The summed E-state index contributed by atoms with van der Waals surface area (Å²) in [5.74, 6) is 1.68. The van der Waals surface area contributed by atoms with E-state index in [0.717, 1.165) is 44.8 Å². The van der Waals surface area contributed by atoms with Gasteiger partial charge in [-0.1, -0.05) is 38.1 Å². The first-order valence-electron chi connectivity index (χ1n) is 11.3. The van der Waals surface area contributed by atoms with Gasteiger partial charge in [-0.2, -0.15) is 0 Å². The van der Waals surface area contributed by atoms with Crippen LogP contribution in [-0.2, 0) is 0 Å². The van der Waals surface area contributed by atoms with Crippen molar-refractivity contribution in [1.82, 2.24) is 19.9 Å². The maximum absolute atomic E-state index is 6.28. The van der Waals surface area contributed by atoms with Crippen molar-refractivity contribution in [2.45, 2.75) is 26.7 Å². The second-order valence-corrected chi connectivity index (χ2v) is 8.58. The molecule has 0 unspecified atom stereocenters. The van der Waals surface area contributed by atoms with Crippen LogP contribution >= 0.6 is 0 Å². The second kappa shape index (κ2) is 8.90. The summed E-state index contributed by atoms with van der Waals surface area (Å²) in [6.07, 6.45) is 6.88. The first-order valence-corrected chi connectivity index (χ1v) is 11.3. The van der Waals surface area contributed by atoms with Crippen LogP contribution < -0.4 is 10.6 Å². The van der Waals surface area contributed by atoms with Gasteiger partial charge in [0.25, 0.3) is 0 Å². The molecule has 0 saturated heterocycles. The molecule has 0 fully saturated rings. The average molecular weight is 447 g/mol. The average Bonchev–Trinajstić information content (AvgIpc) is 2.87. The Hall–Kier alpha value is -4.32. The zero-order valence-electron chi connectivity index (χ0n) is 19.5. The molecule has 0 atom stereocenters. The third-order valence-corrected chi connectivity index (χ3v) is 6.02. The van der Waals surface area contributed by atoms with Crippen LogP contribution in [0.4, 0.5) is 23.0 Å². The van der Waals surface area contributed by atoms with Gasteiger partial charge < -0.3 is 5.73 Å². The van der Waals surface area contributed by atoms with Gasteiger partial charge in [-0.25, -0.2) is 19.9 Å². The third kappa shape index (κ3) is 3.83. The molecule has 2 aromatic carbocycles. The molecule has 0 radical (unpaired) electrons. The monoisotopic (exact) mass is 446 g/mol. The summed E-state index contributed by atoms with van der Waals surface area (Å²) in [6, 6.07) is 20.6. The molecule has 3 heterocycles. The Morgan fingerprint density at radius 2 is 1.71 bits per heavy atom. The first-order chi connectivity index (χ1) is 16.5. The molecule has 0 saturated carbocycles. The third-order valence-electron chi connectivity index (χ3n) is 6.02. The Balaban J connectivity index is 1.86. The first kappa shape index (κ1) is 21.5. The van der Waals surface area contributed by atoms with Gasteiger partial charge in [-0.15, -0.1) is 0 Å². The van der Waals surface area contributed by atoms with E-state index in [4.69, 9.17) is 10.7 Å². The summed E-state index contributed by atoms with van der Waals surface area (Å²) < 4.78 is 0. The van der Waals surface area contributed by atoms with E-state index < -0.39 is 0 Å². The Bertz CT molecular complexity index is 1460. The summed E-state index contributed by atoms with van der Waals surface area (Å²) in [5, 5.41) is 1.93. The van der Waals surface area contributed by atoms with E-state index in [0.29, 0.717) is 11.7 Å². The predicted octanol–water partition coefficient (Wildman–Crippen LogP) is 6.57. The lowest BCUT2D eigenvalue weighted by atomic mass is 10.00. The molecule has 0 amide bonds. The molecule has 0 aliphatic heterocycles. The number of nitrogens with zero attached hydrogens (tertiary/aromatic N) is 5. The number of hydrogen-bond donors (Lipinski definition) is 1. The zero-order valence-corrected chi connectivity index (χ0v) is 19.5. The van der Waals surface area contributed by atoms with E-state index >= 15 is 0 Å². The standard InChI is InChI=1S/C28H26N6/c1-18(2)20-6-4-7-21(16-20)34(26-19(3)9-10-23-22(26)11-15-31-27(23)29)28-24(8-5-13-32-28)25-12-14-30-17-33-25/h4-18H,1-3H3,(H2,29,31). The number of nitrogen functional groups attached to an aromatic ring is 1. The highest BCUT2D eigenvalue weighted by Crippen LogP contribution is 2.44. The lowest BCUT2D eigenvalue weighted by molar-refractivity contribution is 0.866. The molecule has 0 aliphatic carbocycles. The summed E-state index contributed by atoms with van der Waals surface area (Å²) in [4.78, 5) is 20.0. The molecule has 3 aromatic heterocycles. The van der Waals surface area contributed by atoms with Crippen LogP contribution in [0.3, 0.4) is 0 Å². The number of aromatic nitrogens is 4. The molecule has 0 aliphatic rings. The number of nitrogens with two attached hydrogens (primary N) is 1. The largest absolute Gasteiger partial charge is 0.383 e. The van der Waals surface area contributed by atoms with Crippen molar-refractivity contribution in [2.75, 3.05) is 10.6 Å². The minimum atomic E-state index is 0.389. The van der Waals surface area contributed by atoms with E-state index in [1.807, 2.05) is 36.5 Å². The number of anilines is 4. The molecule has 5 aromatic rings. The second-order valence-electron chi connectivity index (χ2n) is 8.58. The van der Waals surface area contributed by atoms with Crippen molar-refractivity contribution in [1.29, 1.82) is 0 Å². The van der Waals surface area contributed by atoms with Crippen molar-refractivity contribution >= 4 is 33.8 Å². The number of benzene rings is 2. The molecule has 168 valence electrons. The van der Waals surface area contributed by atoms with Gasteiger partial charge in [0.05, 0.1) is 11.4 Å². The molecule has 6 nitrogen and oxygen atoms in total. The van der Waals surface area contributed by atoms with Crippen LogP contribution in [0.25, 0.3) is 22.0 Å². The fraction of sp³-hybridized carbons (Fsp3) is 0.143. The van der Waals surface area contributed by atoms with Gasteiger partial charge in [0.1, 0.15) is 18.0 Å². The Kier molecular flexibility index (Phi) is 5.64. The van der Waals surface area contributed by atoms with Crippen LogP contribution in [0.1, 0.15) is 30.9 Å². The lowest BCUT2D eigenvalue weighted by Crippen LogP contribution is -2.15. The summed E-state index contributed by atoms with van der Waals surface area (Å²) >= 11 is 0. The van der Waals surface area contributed by atoms with Crippen LogP contribution in [0, 0.1) is 6.92 Å². The quantitative estimate of drug-likeness (QED) is 0.329. The van der Waals surface area contributed by atoms with Gasteiger partial charge in [0.15, 0.2) is 0 Å². The highest BCUT2D eigenvalue weighted by atomic mass is 15.2. The SMILES string of the molecule is Cc1ccc2c(N)nccc2c1N(c1cccc(C(C)C)c1)c1ncccc1-c1ccncn1. The number of pyridine rings is 2. The van der Waals surface area contributed by atoms with Crippen molar-refractivity contribution in [3.05, 3.63) is 96.7 Å². The van der Waals surface area contributed by atoms with Crippen molar-refractivity contribution in [3.8, 4) is 11.3 Å². The van der Waals surface area contributed by atoms with Crippen molar-refractivity contribution < 1.29 is 0 Å². The van der Waals surface area contributed by atoms with E-state index in [-0.39, 0.29) is 0 Å². The summed E-state index contributed by atoms with van der Waals surface area (Å²) in [6.45, 7) is 6.51. The Labute approximate surface area is 199 Å². The lowest BCUT2D eigenvalue weighted by Gasteiger charge is -2.29. The molecular weight excluding hydrogens is 420 g/mol. The minimum absolute atomic E-state index is 0.389. The molecule has 5 rings (SSSR count). The van der Waals surface area contributed by atoms with Crippen molar-refractivity contribution in [3.63, 3.8) is 0 Å². The van der Waals surface area contributed by atoms with Gasteiger partial charge >= 0.3 is 0 Å². The van der Waals surface area contributed by atoms with E-state index in [1.54, 1.807) is 18.7 Å². The maximum atomic E-state index is 6.28. The van der Waals surface area contributed by atoms with Crippen LogP contribution in [0.5, 0.6) is 0 Å². The van der Waals surface area contributed by atoms with Gasteiger partial charge in [-0.05, 0) is 60.4 Å². The highest BCUT2D eigenvalue weighted by molar-refractivity contribution is 6.04. The normalized spacial score (nSPS) is 11.2. The smallest absolute Gasteiger partial charge is 0.147 e. The molecule has 0 spiro atoms. The molecule has 0 bridgehead atoms. The summed E-state index contributed by atoms with van der Waals surface area (Å²) in [7, 11) is 0. The fourth-order valence-electron chi connectivity index (χ4n) is 4.27. The van der Waals surface area contributed by atoms with Gasteiger partial charge in [-0.3, -0.25) is 4.90 Å². The van der Waals surface area contributed by atoms with Crippen molar-refractivity contribution in [2.24, 2.45) is 0 Å². The number of rotatable bonds is 5. The Morgan fingerprint density at radius 3 is 2.50 bits per heavy atom. The number of hydrogen-bond acceptors (Lipinski definition) is 6.